The van der Waals surface area contributed by atoms with E-state index >= 15 is 0 Å². The largest absolute Gasteiger partial charge is 0.368 e. The maximum atomic E-state index is 5.55. The van der Waals surface area contributed by atoms with Gasteiger partial charge in [0.05, 0.1) is 0 Å². The van der Waals surface area contributed by atoms with Gasteiger partial charge in [-0.15, -0.1) is 0 Å². The van der Waals surface area contributed by atoms with Gasteiger partial charge >= 0.3 is 0 Å². The van der Waals surface area contributed by atoms with Crippen LogP contribution in [0, 0.1) is 5.92 Å². The molecule has 1 aliphatic rings. The minimum Gasteiger partial charge on any atom is -0.368 e. The smallest absolute Gasteiger partial charge is 0.256 e. The van der Waals surface area contributed by atoms with Gasteiger partial charge in [0.1, 0.15) is 6.10 Å². The summed E-state index contributed by atoms with van der Waals surface area (Å²) in [6.45, 7) is 3.58. The Bertz CT molecular complexity index is 313. The lowest BCUT2D eigenvalue weighted by atomic mass is 10.0. The highest BCUT2D eigenvalue weighted by Crippen LogP contribution is 2.32. The molecular formula is C10H17N3O2. The van der Waals surface area contributed by atoms with Gasteiger partial charge in [0.2, 0.25) is 0 Å². The molecule has 0 aromatic carbocycles. The van der Waals surface area contributed by atoms with Gasteiger partial charge in [0.25, 0.3) is 5.89 Å². The molecule has 0 saturated carbocycles. The van der Waals surface area contributed by atoms with Gasteiger partial charge in [-0.25, -0.2) is 0 Å². The third-order valence-corrected chi connectivity index (χ3v) is 2.72. The minimum atomic E-state index is -0.0101. The second-order valence-electron chi connectivity index (χ2n) is 4.00. The summed E-state index contributed by atoms with van der Waals surface area (Å²) in [6, 6.07) is 0. The van der Waals surface area contributed by atoms with Gasteiger partial charge in [-0.3, -0.25) is 0 Å². The first-order valence-corrected chi connectivity index (χ1v) is 5.45. The zero-order chi connectivity index (χ0) is 10.7. The summed E-state index contributed by atoms with van der Waals surface area (Å²) >= 11 is 0. The van der Waals surface area contributed by atoms with Gasteiger partial charge in [0.15, 0.2) is 5.82 Å². The number of aromatic nitrogens is 2. The number of ether oxygens (including phenoxy) is 1. The zero-order valence-corrected chi connectivity index (χ0v) is 8.98. The monoisotopic (exact) mass is 211 g/mol. The van der Waals surface area contributed by atoms with E-state index in [4.69, 9.17) is 15.0 Å². The van der Waals surface area contributed by atoms with Crippen molar-refractivity contribution in [3.63, 3.8) is 0 Å². The number of hydrogen-bond donors (Lipinski definition) is 1. The average Bonchev–Trinajstić information content (AvgIpc) is 2.83. The fraction of sp³-hybridized carbons (Fsp3) is 0.800. The van der Waals surface area contributed by atoms with Crippen LogP contribution in [0.15, 0.2) is 4.52 Å². The Morgan fingerprint density at radius 3 is 3.07 bits per heavy atom. The van der Waals surface area contributed by atoms with Gasteiger partial charge in [-0.2, -0.15) is 4.98 Å². The average molecular weight is 211 g/mol. The topological polar surface area (TPSA) is 74.2 Å². The highest BCUT2D eigenvalue weighted by atomic mass is 16.5. The maximum Gasteiger partial charge on any atom is 0.256 e. The summed E-state index contributed by atoms with van der Waals surface area (Å²) in [6.07, 6.45) is 2.72. The SMILES string of the molecule is CC1CCOC1c1nc(CCCN)no1. The van der Waals surface area contributed by atoms with E-state index in [9.17, 15) is 0 Å². The zero-order valence-electron chi connectivity index (χ0n) is 8.98. The summed E-state index contributed by atoms with van der Waals surface area (Å²) in [7, 11) is 0. The lowest BCUT2D eigenvalue weighted by Crippen LogP contribution is -2.05. The van der Waals surface area contributed by atoms with Crippen molar-refractivity contribution in [3.8, 4) is 0 Å². The van der Waals surface area contributed by atoms with Crippen molar-refractivity contribution in [2.24, 2.45) is 11.7 Å². The quantitative estimate of drug-likeness (QED) is 0.806. The molecule has 1 aromatic heterocycles. The lowest BCUT2D eigenvalue weighted by Gasteiger charge is -2.07. The van der Waals surface area contributed by atoms with E-state index in [1.807, 2.05) is 0 Å². The van der Waals surface area contributed by atoms with Crippen molar-refractivity contribution in [2.75, 3.05) is 13.2 Å². The van der Waals surface area contributed by atoms with Gasteiger partial charge in [0, 0.05) is 13.0 Å². The molecule has 2 atom stereocenters. The maximum absolute atomic E-state index is 5.55. The molecule has 5 nitrogen and oxygen atoms in total. The van der Waals surface area contributed by atoms with Gasteiger partial charge in [-0.1, -0.05) is 12.1 Å². The Hall–Kier alpha value is -0.940. The van der Waals surface area contributed by atoms with E-state index < -0.39 is 0 Å². The highest BCUT2D eigenvalue weighted by molar-refractivity contribution is 4.94. The van der Waals surface area contributed by atoms with Crippen LogP contribution in [0.25, 0.3) is 0 Å². The van der Waals surface area contributed by atoms with Crippen LogP contribution in [-0.4, -0.2) is 23.3 Å². The molecule has 2 N–H and O–H groups in total. The number of nitrogens with zero attached hydrogens (tertiary/aromatic N) is 2. The third kappa shape index (κ3) is 2.35. The Morgan fingerprint density at radius 2 is 2.40 bits per heavy atom. The predicted octanol–water partition coefficient (Wildman–Crippen LogP) is 1.06. The van der Waals surface area contributed by atoms with Crippen molar-refractivity contribution < 1.29 is 9.26 Å². The van der Waals surface area contributed by atoms with Crippen molar-refractivity contribution in [3.05, 3.63) is 11.7 Å². The number of hydrogen-bond acceptors (Lipinski definition) is 5. The second-order valence-corrected chi connectivity index (χ2v) is 4.00. The first-order valence-electron chi connectivity index (χ1n) is 5.45. The molecule has 1 fully saturated rings. The molecule has 5 heteroatoms. The van der Waals surface area contributed by atoms with Crippen LogP contribution in [-0.2, 0) is 11.2 Å². The molecule has 84 valence electrons. The fourth-order valence-corrected chi connectivity index (χ4v) is 1.76. The van der Waals surface area contributed by atoms with E-state index in [1.165, 1.54) is 0 Å². The Balaban J connectivity index is 1.99. The second kappa shape index (κ2) is 4.72. The van der Waals surface area contributed by atoms with Crippen LogP contribution in [0.4, 0.5) is 0 Å². The van der Waals surface area contributed by atoms with Crippen molar-refractivity contribution >= 4 is 0 Å². The van der Waals surface area contributed by atoms with E-state index in [0.29, 0.717) is 18.4 Å². The number of aryl methyl sites for hydroxylation is 1. The molecular weight excluding hydrogens is 194 g/mol. The summed E-state index contributed by atoms with van der Waals surface area (Å²) < 4.78 is 10.7. The molecule has 15 heavy (non-hydrogen) atoms. The van der Waals surface area contributed by atoms with Gasteiger partial charge < -0.3 is 15.0 Å². The van der Waals surface area contributed by atoms with E-state index in [1.54, 1.807) is 0 Å². The molecule has 0 radical (unpaired) electrons. The van der Waals surface area contributed by atoms with Crippen molar-refractivity contribution in [1.82, 2.24) is 10.1 Å². The lowest BCUT2D eigenvalue weighted by molar-refractivity contribution is 0.0661. The first kappa shape index (κ1) is 10.6. The molecule has 1 aliphatic heterocycles. The Labute approximate surface area is 89.0 Å². The Kier molecular flexibility index (Phi) is 3.33. The molecule has 0 bridgehead atoms. The molecule has 0 spiro atoms. The van der Waals surface area contributed by atoms with Crippen molar-refractivity contribution in [2.45, 2.75) is 32.3 Å². The van der Waals surface area contributed by atoms with E-state index in [2.05, 4.69) is 17.1 Å². The highest BCUT2D eigenvalue weighted by Gasteiger charge is 2.30. The predicted molar refractivity (Wildman–Crippen MR) is 54.1 cm³/mol. The third-order valence-electron chi connectivity index (χ3n) is 2.72. The molecule has 0 aliphatic carbocycles. The minimum absolute atomic E-state index is 0.0101. The standard InChI is InChI=1S/C10H17N3O2/c1-7-4-6-14-9(7)10-12-8(13-15-10)3-2-5-11/h7,9H,2-6,11H2,1H3. The molecule has 1 saturated heterocycles. The molecule has 2 unspecified atom stereocenters. The van der Waals surface area contributed by atoms with Crippen LogP contribution in [0.1, 0.15) is 37.6 Å². The summed E-state index contributed by atoms with van der Waals surface area (Å²) in [4.78, 5) is 4.32. The summed E-state index contributed by atoms with van der Waals surface area (Å²) in [5.41, 5.74) is 5.42. The van der Waals surface area contributed by atoms with Gasteiger partial charge in [-0.05, 0) is 25.3 Å². The summed E-state index contributed by atoms with van der Waals surface area (Å²) in [5, 5.41) is 3.91. The van der Waals surface area contributed by atoms with Crippen LogP contribution < -0.4 is 5.73 Å². The van der Waals surface area contributed by atoms with E-state index in [-0.39, 0.29) is 6.10 Å². The molecule has 2 rings (SSSR count). The molecule has 0 amide bonds. The summed E-state index contributed by atoms with van der Waals surface area (Å²) in [5.74, 6) is 1.82. The number of nitrogens with two attached hydrogens (primary N) is 1. The van der Waals surface area contributed by atoms with Crippen LogP contribution in [0.2, 0.25) is 0 Å². The Morgan fingerprint density at radius 1 is 1.53 bits per heavy atom. The van der Waals surface area contributed by atoms with Crippen LogP contribution in [0.3, 0.4) is 0 Å². The number of rotatable bonds is 4. The molecule has 1 aromatic rings. The fourth-order valence-electron chi connectivity index (χ4n) is 1.76. The van der Waals surface area contributed by atoms with Crippen LogP contribution in [0.5, 0.6) is 0 Å². The van der Waals surface area contributed by atoms with Crippen LogP contribution >= 0.6 is 0 Å². The normalized spacial score (nSPS) is 26.0. The van der Waals surface area contributed by atoms with E-state index in [0.717, 1.165) is 31.7 Å². The first-order chi connectivity index (χ1) is 7.31. The molecule has 2 heterocycles. The van der Waals surface area contributed by atoms with Crippen molar-refractivity contribution in [1.29, 1.82) is 0 Å².